The molecule has 1 unspecified atom stereocenters. The molecule has 0 aliphatic carbocycles. The lowest BCUT2D eigenvalue weighted by atomic mass is 9.87. The maximum Gasteiger partial charge on any atom is 0.449 e. The maximum atomic E-state index is 13.3. The highest BCUT2D eigenvalue weighted by Gasteiger charge is 2.37. The lowest BCUT2D eigenvalue weighted by Crippen LogP contribution is -2.26. The summed E-state index contributed by atoms with van der Waals surface area (Å²) in [6.07, 6.45) is -5.73. The summed E-state index contributed by atoms with van der Waals surface area (Å²) in [5.41, 5.74) is 1.71. The molecule has 0 amide bonds. The summed E-state index contributed by atoms with van der Waals surface area (Å²) in [7, 11) is 0. The number of benzene rings is 2. The second kappa shape index (κ2) is 8.63. The Morgan fingerprint density at radius 2 is 1.66 bits per heavy atom. The average Bonchev–Trinajstić information content (AvgIpc) is 2.99. The van der Waals surface area contributed by atoms with Gasteiger partial charge in [-0.1, -0.05) is 45.0 Å². The first kappa shape index (κ1) is 23.0. The van der Waals surface area contributed by atoms with Crippen LogP contribution >= 0.6 is 12.4 Å². The fourth-order valence-corrected chi connectivity index (χ4v) is 2.98. The van der Waals surface area contributed by atoms with Crippen LogP contribution in [0, 0.1) is 0 Å². The van der Waals surface area contributed by atoms with Gasteiger partial charge in [-0.15, -0.1) is 12.4 Å². The van der Waals surface area contributed by atoms with E-state index < -0.39 is 18.1 Å². The molecule has 3 rings (SSSR count). The van der Waals surface area contributed by atoms with Gasteiger partial charge in [-0.05, 0) is 35.2 Å². The summed E-state index contributed by atoms with van der Waals surface area (Å²) < 4.78 is 46.5. The van der Waals surface area contributed by atoms with Crippen LogP contribution in [0.1, 0.15) is 32.2 Å². The van der Waals surface area contributed by atoms with E-state index in [0.717, 1.165) is 10.1 Å². The van der Waals surface area contributed by atoms with Crippen LogP contribution in [-0.2, 0) is 18.1 Å². The first-order chi connectivity index (χ1) is 13.1. The molecule has 8 heteroatoms. The van der Waals surface area contributed by atoms with Crippen LogP contribution in [0.4, 0.5) is 13.2 Å². The number of fused-ring (bicyclic) bond motifs is 1. The van der Waals surface area contributed by atoms with Crippen LogP contribution in [0.3, 0.4) is 0 Å². The minimum atomic E-state index is -4.61. The molecule has 0 bridgehead atoms. The molecule has 0 saturated carbocycles. The normalized spacial score (nSPS) is 13.2. The molecule has 3 aromatic rings. The molecule has 0 fully saturated rings. The average molecular weight is 429 g/mol. The number of aromatic nitrogens is 2. The van der Waals surface area contributed by atoms with E-state index >= 15 is 0 Å². The largest absolute Gasteiger partial charge is 0.491 e. The summed E-state index contributed by atoms with van der Waals surface area (Å²) in [6, 6.07) is 13.8. The summed E-state index contributed by atoms with van der Waals surface area (Å²) in [6.45, 7) is 5.90. The van der Waals surface area contributed by atoms with Gasteiger partial charge in [-0.2, -0.15) is 13.2 Å². The molecule has 0 spiro atoms. The third-order valence-electron chi connectivity index (χ3n) is 4.46. The Morgan fingerprint density at radius 1 is 1.03 bits per heavy atom. The Bertz CT molecular complexity index is 947. The molecule has 0 saturated heterocycles. The van der Waals surface area contributed by atoms with Gasteiger partial charge in [0.25, 0.3) is 0 Å². The Morgan fingerprint density at radius 3 is 2.24 bits per heavy atom. The number of alkyl halides is 3. The molecular weight excluding hydrogens is 405 g/mol. The van der Waals surface area contributed by atoms with Crippen molar-refractivity contribution in [1.29, 1.82) is 0 Å². The van der Waals surface area contributed by atoms with Crippen molar-refractivity contribution in [2.75, 3.05) is 6.61 Å². The zero-order valence-electron chi connectivity index (χ0n) is 16.4. The summed E-state index contributed by atoms with van der Waals surface area (Å²) in [4.78, 5) is 3.67. The standard InChI is InChI=1S/C21H23F3N2O2.ClH/c1-20(2,3)14-8-10-16(11-9-14)28-13-15(27)12-26-18-7-5-4-6-17(18)25-19(26)21(22,23)24;/h4-11,15,27H,12-13H2,1-3H3;1H. The van der Waals surface area contributed by atoms with Gasteiger partial charge in [-0.3, -0.25) is 0 Å². The van der Waals surface area contributed by atoms with Crippen LogP contribution in [0.15, 0.2) is 48.5 Å². The van der Waals surface area contributed by atoms with Crippen LogP contribution in [0.2, 0.25) is 0 Å². The number of aliphatic hydroxyl groups excluding tert-OH is 1. The summed E-state index contributed by atoms with van der Waals surface area (Å²) in [5, 5.41) is 10.3. The molecule has 0 radical (unpaired) electrons. The van der Waals surface area contributed by atoms with Gasteiger partial charge >= 0.3 is 6.18 Å². The van der Waals surface area contributed by atoms with Crippen molar-refractivity contribution in [2.45, 2.75) is 45.0 Å². The Kier molecular flexibility index (Phi) is 6.86. The number of rotatable bonds is 5. The van der Waals surface area contributed by atoms with Crippen molar-refractivity contribution in [3.05, 3.63) is 59.9 Å². The number of halogens is 4. The molecule has 2 aromatic carbocycles. The molecule has 0 aliphatic heterocycles. The minimum Gasteiger partial charge on any atom is -0.491 e. The van der Waals surface area contributed by atoms with E-state index in [2.05, 4.69) is 25.8 Å². The van der Waals surface area contributed by atoms with E-state index in [9.17, 15) is 18.3 Å². The molecule has 0 aliphatic rings. The Hall–Kier alpha value is -2.25. The third-order valence-corrected chi connectivity index (χ3v) is 4.46. The van der Waals surface area contributed by atoms with Gasteiger partial charge in [0, 0.05) is 0 Å². The maximum absolute atomic E-state index is 13.3. The number of imidazole rings is 1. The molecule has 1 N–H and O–H groups in total. The number of ether oxygens (including phenoxy) is 1. The van der Waals surface area contributed by atoms with E-state index in [1.165, 1.54) is 6.07 Å². The van der Waals surface area contributed by atoms with Gasteiger partial charge in [0.1, 0.15) is 18.5 Å². The van der Waals surface area contributed by atoms with E-state index in [1.807, 2.05) is 12.1 Å². The first-order valence-electron chi connectivity index (χ1n) is 8.99. The lowest BCUT2D eigenvalue weighted by Gasteiger charge is -2.20. The van der Waals surface area contributed by atoms with Crippen LogP contribution in [0.25, 0.3) is 11.0 Å². The molecule has 158 valence electrons. The molecule has 1 aromatic heterocycles. The summed E-state index contributed by atoms with van der Waals surface area (Å²) >= 11 is 0. The van der Waals surface area contributed by atoms with E-state index in [4.69, 9.17) is 4.74 Å². The number of hydrogen-bond acceptors (Lipinski definition) is 3. The zero-order valence-corrected chi connectivity index (χ0v) is 17.2. The highest BCUT2D eigenvalue weighted by Crippen LogP contribution is 2.31. The first-order valence-corrected chi connectivity index (χ1v) is 8.99. The second-order valence-electron chi connectivity index (χ2n) is 7.77. The minimum absolute atomic E-state index is 0. The third kappa shape index (κ3) is 5.42. The number of para-hydroxylation sites is 2. The molecular formula is C21H24ClF3N2O2. The highest BCUT2D eigenvalue weighted by molar-refractivity contribution is 5.85. The Labute approximate surface area is 173 Å². The van der Waals surface area contributed by atoms with E-state index in [1.54, 1.807) is 30.3 Å². The second-order valence-corrected chi connectivity index (χ2v) is 7.77. The lowest BCUT2D eigenvalue weighted by molar-refractivity contribution is -0.147. The van der Waals surface area contributed by atoms with Crippen molar-refractivity contribution >= 4 is 23.4 Å². The molecule has 4 nitrogen and oxygen atoms in total. The zero-order chi connectivity index (χ0) is 20.5. The van der Waals surface area contributed by atoms with Crippen molar-refractivity contribution in [1.82, 2.24) is 9.55 Å². The monoisotopic (exact) mass is 428 g/mol. The van der Waals surface area contributed by atoms with Crippen LogP contribution in [0.5, 0.6) is 5.75 Å². The van der Waals surface area contributed by atoms with Gasteiger partial charge in [0.2, 0.25) is 5.82 Å². The van der Waals surface area contributed by atoms with Gasteiger partial charge in [0.05, 0.1) is 17.6 Å². The predicted octanol–water partition coefficient (Wildman–Crippen LogP) is 5.21. The molecule has 29 heavy (non-hydrogen) atoms. The molecule has 1 atom stereocenters. The van der Waals surface area contributed by atoms with Crippen molar-refractivity contribution in [2.24, 2.45) is 0 Å². The SMILES string of the molecule is CC(C)(C)c1ccc(OCC(O)Cn2c(C(F)(F)F)nc3ccccc32)cc1.Cl. The van der Waals surface area contributed by atoms with Gasteiger partial charge in [0.15, 0.2) is 0 Å². The Balaban J connectivity index is 0.00000300. The number of aliphatic hydroxyl groups is 1. The van der Waals surface area contributed by atoms with E-state index in [-0.39, 0.29) is 36.5 Å². The fourth-order valence-electron chi connectivity index (χ4n) is 2.98. The van der Waals surface area contributed by atoms with E-state index in [0.29, 0.717) is 11.3 Å². The van der Waals surface area contributed by atoms with Crippen LogP contribution < -0.4 is 4.74 Å². The highest BCUT2D eigenvalue weighted by atomic mass is 35.5. The van der Waals surface area contributed by atoms with Crippen molar-refractivity contribution < 1.29 is 23.0 Å². The van der Waals surface area contributed by atoms with Gasteiger partial charge in [-0.25, -0.2) is 4.98 Å². The fraction of sp³-hybridized carbons (Fsp3) is 0.381. The molecule has 1 heterocycles. The summed E-state index contributed by atoms with van der Waals surface area (Å²) in [5.74, 6) is -0.471. The van der Waals surface area contributed by atoms with Gasteiger partial charge < -0.3 is 14.4 Å². The number of hydrogen-bond donors (Lipinski definition) is 1. The van der Waals surface area contributed by atoms with Crippen LogP contribution in [-0.4, -0.2) is 27.4 Å². The van der Waals surface area contributed by atoms with Crippen molar-refractivity contribution in [3.8, 4) is 5.75 Å². The predicted molar refractivity (Wildman–Crippen MR) is 109 cm³/mol. The quantitative estimate of drug-likeness (QED) is 0.606. The van der Waals surface area contributed by atoms with Crippen molar-refractivity contribution in [3.63, 3.8) is 0 Å². The number of nitrogens with zero attached hydrogens (tertiary/aromatic N) is 2. The smallest absolute Gasteiger partial charge is 0.449 e. The topological polar surface area (TPSA) is 47.3 Å².